The maximum atomic E-state index is 13.7. The largest absolute Gasteiger partial charge is 0.497 e. The van der Waals surface area contributed by atoms with Crippen LogP contribution in [0.2, 0.25) is 0 Å². The van der Waals surface area contributed by atoms with Gasteiger partial charge in [0.1, 0.15) is 17.2 Å². The maximum Gasteiger partial charge on any atom is 0.317 e. The fraction of sp³-hybridized carbons (Fsp3) is 0.381. The number of carbonyl (C=O) groups is 1. The van der Waals surface area contributed by atoms with E-state index in [1.54, 1.807) is 25.1 Å². The molecule has 1 heterocycles. The summed E-state index contributed by atoms with van der Waals surface area (Å²) >= 11 is 0. The Morgan fingerprint density at radius 3 is 2.64 bits per heavy atom. The minimum Gasteiger partial charge on any atom is -0.497 e. The molecule has 2 aromatic rings. The molecule has 7 heteroatoms. The Morgan fingerprint density at radius 1 is 1.29 bits per heavy atom. The minimum atomic E-state index is -0.847. The highest BCUT2D eigenvalue weighted by Crippen LogP contribution is 2.45. The van der Waals surface area contributed by atoms with Gasteiger partial charge in [-0.1, -0.05) is 18.2 Å². The van der Waals surface area contributed by atoms with E-state index in [-0.39, 0.29) is 24.8 Å². The van der Waals surface area contributed by atoms with E-state index in [1.165, 1.54) is 12.1 Å². The number of carboxylic acid groups (broad SMARTS) is 1. The van der Waals surface area contributed by atoms with Crippen molar-refractivity contribution in [3.8, 4) is 5.75 Å². The minimum absolute atomic E-state index is 0. The van der Waals surface area contributed by atoms with Crippen molar-refractivity contribution in [2.75, 3.05) is 27.2 Å². The Morgan fingerprint density at radius 2 is 2.00 bits per heavy atom. The topological polar surface area (TPSA) is 59.0 Å². The molecule has 0 aromatic heterocycles. The van der Waals surface area contributed by atoms with Crippen molar-refractivity contribution in [3.63, 3.8) is 0 Å². The standard InChI is InChI=1S/C21H24FNO4.ClH/c1-23(13-20(24)25)11-3-10-21(16-4-7-18(26-2)8-5-16)19-9-6-17(22)12-15(19)14-27-21;/h4-9,12H,3,10-11,13-14H2,1-2H3,(H,24,25);1H. The average molecular weight is 410 g/mol. The van der Waals surface area contributed by atoms with Gasteiger partial charge in [0.2, 0.25) is 0 Å². The van der Waals surface area contributed by atoms with Crippen LogP contribution in [-0.2, 0) is 21.7 Å². The van der Waals surface area contributed by atoms with E-state index in [4.69, 9.17) is 14.6 Å². The van der Waals surface area contributed by atoms with E-state index in [9.17, 15) is 9.18 Å². The molecule has 0 spiro atoms. The first-order valence-corrected chi connectivity index (χ1v) is 8.92. The van der Waals surface area contributed by atoms with Crippen LogP contribution in [0.5, 0.6) is 5.75 Å². The van der Waals surface area contributed by atoms with Gasteiger partial charge >= 0.3 is 5.97 Å². The molecular weight excluding hydrogens is 385 g/mol. The van der Waals surface area contributed by atoms with Crippen LogP contribution in [0.4, 0.5) is 4.39 Å². The summed E-state index contributed by atoms with van der Waals surface area (Å²) in [5.74, 6) is -0.364. The van der Waals surface area contributed by atoms with Gasteiger partial charge in [-0.3, -0.25) is 9.69 Å². The lowest BCUT2D eigenvalue weighted by molar-refractivity contribution is -0.138. The fourth-order valence-corrected chi connectivity index (χ4v) is 3.71. The van der Waals surface area contributed by atoms with Crippen molar-refractivity contribution in [3.05, 3.63) is 65.0 Å². The highest BCUT2D eigenvalue weighted by Gasteiger charge is 2.41. The number of aliphatic carboxylic acids is 1. The van der Waals surface area contributed by atoms with Crippen LogP contribution in [0.15, 0.2) is 42.5 Å². The van der Waals surface area contributed by atoms with Crippen LogP contribution in [0.3, 0.4) is 0 Å². The molecule has 1 atom stereocenters. The van der Waals surface area contributed by atoms with Crippen molar-refractivity contribution in [1.29, 1.82) is 0 Å². The fourth-order valence-electron chi connectivity index (χ4n) is 3.71. The summed E-state index contributed by atoms with van der Waals surface area (Å²) in [6, 6.07) is 12.5. The van der Waals surface area contributed by atoms with Crippen molar-refractivity contribution in [2.45, 2.75) is 25.0 Å². The van der Waals surface area contributed by atoms with Crippen molar-refractivity contribution < 1.29 is 23.8 Å². The summed E-state index contributed by atoms with van der Waals surface area (Å²) in [7, 11) is 3.40. The third-order valence-corrected chi connectivity index (χ3v) is 5.01. The van der Waals surface area contributed by atoms with Gasteiger partial charge in [0.25, 0.3) is 0 Å². The Labute approximate surface area is 170 Å². The summed E-state index contributed by atoms with van der Waals surface area (Å²) in [5, 5.41) is 8.92. The quantitative estimate of drug-likeness (QED) is 0.718. The molecule has 0 bridgehead atoms. The first-order valence-electron chi connectivity index (χ1n) is 8.92. The first-order chi connectivity index (χ1) is 12.9. The van der Waals surface area contributed by atoms with Gasteiger partial charge < -0.3 is 14.6 Å². The summed E-state index contributed by atoms with van der Waals surface area (Å²) < 4.78 is 25.2. The normalized spacial score (nSPS) is 17.9. The number of benzene rings is 2. The lowest BCUT2D eigenvalue weighted by atomic mass is 9.82. The molecule has 152 valence electrons. The molecule has 5 nitrogen and oxygen atoms in total. The SMILES string of the molecule is COc1ccc(C2(CCCN(C)CC(=O)O)OCc3cc(F)ccc32)cc1.Cl. The highest BCUT2D eigenvalue weighted by molar-refractivity contribution is 5.85. The molecule has 0 saturated carbocycles. The van der Waals surface area contributed by atoms with E-state index >= 15 is 0 Å². The zero-order valence-corrected chi connectivity index (χ0v) is 16.8. The Kier molecular flexibility index (Phi) is 7.41. The molecule has 2 aromatic carbocycles. The van der Waals surface area contributed by atoms with Gasteiger partial charge in [0, 0.05) is 0 Å². The predicted molar refractivity (Wildman–Crippen MR) is 107 cm³/mol. The predicted octanol–water partition coefficient (Wildman–Crippen LogP) is 3.83. The lowest BCUT2D eigenvalue weighted by Crippen LogP contribution is -2.31. The monoisotopic (exact) mass is 409 g/mol. The van der Waals surface area contributed by atoms with E-state index < -0.39 is 11.6 Å². The van der Waals surface area contributed by atoms with E-state index in [2.05, 4.69) is 0 Å². The number of ether oxygens (including phenoxy) is 2. The number of likely N-dealkylation sites (N-methyl/N-ethyl adjacent to an activating group) is 1. The molecule has 1 aliphatic rings. The number of hydrogen-bond acceptors (Lipinski definition) is 4. The summed E-state index contributed by atoms with van der Waals surface area (Å²) in [6.07, 6.45) is 1.41. The summed E-state index contributed by atoms with van der Waals surface area (Å²) in [5.41, 5.74) is 2.13. The van der Waals surface area contributed by atoms with Crippen LogP contribution in [0.25, 0.3) is 0 Å². The number of methoxy groups -OCH3 is 1. The van der Waals surface area contributed by atoms with Crippen molar-refractivity contribution in [2.24, 2.45) is 0 Å². The van der Waals surface area contributed by atoms with E-state index in [0.29, 0.717) is 19.6 Å². The molecular formula is C21H25ClFNO4. The molecule has 0 fully saturated rings. The molecule has 3 rings (SSSR count). The van der Waals surface area contributed by atoms with Crippen molar-refractivity contribution >= 4 is 18.4 Å². The Balaban J connectivity index is 0.00000280. The summed E-state index contributed by atoms with van der Waals surface area (Å²) in [4.78, 5) is 12.6. The molecule has 1 aliphatic heterocycles. The zero-order chi connectivity index (χ0) is 19.4. The third-order valence-electron chi connectivity index (χ3n) is 5.01. The summed E-state index contributed by atoms with van der Waals surface area (Å²) in [6.45, 7) is 0.979. The maximum absolute atomic E-state index is 13.7. The molecule has 28 heavy (non-hydrogen) atoms. The van der Waals surface area contributed by atoms with Gasteiger partial charge in [-0.15, -0.1) is 12.4 Å². The molecule has 0 radical (unpaired) electrons. The Hall–Kier alpha value is -2.15. The molecule has 0 saturated heterocycles. The number of halogens is 2. The van der Waals surface area contributed by atoms with Crippen LogP contribution in [0.1, 0.15) is 29.5 Å². The third kappa shape index (κ3) is 4.63. The second-order valence-corrected chi connectivity index (χ2v) is 6.88. The van der Waals surface area contributed by atoms with Gasteiger partial charge in [-0.25, -0.2) is 4.39 Å². The molecule has 0 amide bonds. The number of hydrogen-bond donors (Lipinski definition) is 1. The highest BCUT2D eigenvalue weighted by atomic mass is 35.5. The second-order valence-electron chi connectivity index (χ2n) is 6.88. The smallest absolute Gasteiger partial charge is 0.317 e. The molecule has 1 N–H and O–H groups in total. The molecule has 0 aliphatic carbocycles. The van der Waals surface area contributed by atoms with Crippen molar-refractivity contribution in [1.82, 2.24) is 4.90 Å². The average Bonchev–Trinajstić information content (AvgIpc) is 3.00. The van der Waals surface area contributed by atoms with Gasteiger partial charge in [-0.2, -0.15) is 0 Å². The van der Waals surface area contributed by atoms with Gasteiger partial charge in [0.05, 0.1) is 20.3 Å². The van der Waals surface area contributed by atoms with E-state index in [1.807, 2.05) is 24.3 Å². The number of nitrogens with zero attached hydrogens (tertiary/aromatic N) is 1. The number of rotatable bonds is 8. The Bertz CT molecular complexity index is 815. The second kappa shape index (κ2) is 9.37. The first kappa shape index (κ1) is 22.1. The van der Waals surface area contributed by atoms with Crippen LogP contribution < -0.4 is 4.74 Å². The molecule has 1 unspecified atom stereocenters. The van der Waals surface area contributed by atoms with Gasteiger partial charge in [-0.05, 0) is 67.4 Å². The lowest BCUT2D eigenvalue weighted by Gasteiger charge is -2.31. The van der Waals surface area contributed by atoms with E-state index in [0.717, 1.165) is 28.9 Å². The van der Waals surface area contributed by atoms with Crippen LogP contribution in [0, 0.1) is 5.82 Å². The van der Waals surface area contributed by atoms with Crippen LogP contribution in [-0.4, -0.2) is 43.2 Å². The van der Waals surface area contributed by atoms with Gasteiger partial charge in [0.15, 0.2) is 0 Å². The zero-order valence-electron chi connectivity index (χ0n) is 16.0. The number of fused-ring (bicyclic) bond motifs is 1. The van der Waals surface area contributed by atoms with Crippen LogP contribution >= 0.6 is 12.4 Å². The number of carboxylic acids is 1.